The lowest BCUT2D eigenvalue weighted by atomic mass is 9.92. The van der Waals surface area contributed by atoms with Crippen molar-refractivity contribution in [1.29, 1.82) is 0 Å². The molecule has 0 aliphatic heterocycles. The van der Waals surface area contributed by atoms with Crippen LogP contribution in [0.4, 0.5) is 0 Å². The largest absolute Gasteiger partial charge is 0.309 e. The van der Waals surface area contributed by atoms with Crippen molar-refractivity contribution in [2.24, 2.45) is 0 Å². The van der Waals surface area contributed by atoms with Crippen LogP contribution < -0.4 is 5.32 Å². The Kier molecular flexibility index (Phi) is 6.89. The summed E-state index contributed by atoms with van der Waals surface area (Å²) in [7, 11) is 2.25. The summed E-state index contributed by atoms with van der Waals surface area (Å²) in [6.45, 7) is 14.7. The van der Waals surface area contributed by atoms with E-state index in [1.807, 2.05) is 0 Å². The van der Waals surface area contributed by atoms with E-state index in [-0.39, 0.29) is 5.54 Å². The molecule has 0 bridgehead atoms. The Morgan fingerprint density at radius 3 is 2.19 bits per heavy atom. The summed E-state index contributed by atoms with van der Waals surface area (Å²) in [6.07, 6.45) is 2.32. The molecule has 0 spiro atoms. The van der Waals surface area contributed by atoms with Gasteiger partial charge >= 0.3 is 0 Å². The predicted octanol–water partition coefficient (Wildman–Crippen LogP) is 4.54. The number of aryl methyl sites for hydroxylation is 1. The topological polar surface area (TPSA) is 15.3 Å². The molecule has 0 amide bonds. The average Bonchev–Trinajstić information content (AvgIpc) is 2.48. The van der Waals surface area contributed by atoms with Crippen molar-refractivity contribution in [3.8, 4) is 0 Å². The van der Waals surface area contributed by atoms with E-state index in [9.17, 15) is 0 Å². The first-order valence-corrected chi connectivity index (χ1v) is 8.36. The van der Waals surface area contributed by atoms with Gasteiger partial charge in [0.25, 0.3) is 0 Å². The number of rotatable bonds is 8. The summed E-state index contributed by atoms with van der Waals surface area (Å²) in [4.78, 5) is 2.51. The summed E-state index contributed by atoms with van der Waals surface area (Å²) in [5.74, 6) is 0. The molecule has 21 heavy (non-hydrogen) atoms. The molecule has 2 heteroatoms. The van der Waals surface area contributed by atoms with Crippen molar-refractivity contribution in [1.82, 2.24) is 10.2 Å². The Balaban J connectivity index is 2.98. The van der Waals surface area contributed by atoms with E-state index in [2.05, 4.69) is 83.1 Å². The van der Waals surface area contributed by atoms with Crippen LogP contribution in [-0.4, -0.2) is 30.1 Å². The maximum absolute atomic E-state index is 3.74. The van der Waals surface area contributed by atoms with Gasteiger partial charge in [-0.3, -0.25) is 4.90 Å². The van der Waals surface area contributed by atoms with E-state index in [4.69, 9.17) is 0 Å². The quantitative estimate of drug-likeness (QED) is 0.756. The lowest BCUT2D eigenvalue weighted by molar-refractivity contribution is 0.0832. The SMILES string of the molecule is CCCNC(c1ccc(C)cc1)C(C)N(C)C(C)(C)CC. The van der Waals surface area contributed by atoms with Crippen LogP contribution in [0.2, 0.25) is 0 Å². The third-order valence-corrected chi connectivity index (χ3v) is 4.96. The average molecular weight is 290 g/mol. The lowest BCUT2D eigenvalue weighted by Gasteiger charge is -2.43. The van der Waals surface area contributed by atoms with Crippen LogP contribution in [0.25, 0.3) is 0 Å². The normalized spacial score (nSPS) is 15.2. The number of likely N-dealkylation sites (N-methyl/N-ethyl adjacent to an activating group) is 1. The number of hydrogen-bond donors (Lipinski definition) is 1. The van der Waals surface area contributed by atoms with Crippen molar-refractivity contribution >= 4 is 0 Å². The Labute approximate surface area is 131 Å². The molecule has 120 valence electrons. The highest BCUT2D eigenvalue weighted by Crippen LogP contribution is 2.27. The molecular weight excluding hydrogens is 256 g/mol. The zero-order chi connectivity index (χ0) is 16.0. The van der Waals surface area contributed by atoms with Crippen LogP contribution in [0.1, 0.15) is 64.6 Å². The van der Waals surface area contributed by atoms with E-state index in [0.29, 0.717) is 12.1 Å². The molecule has 2 unspecified atom stereocenters. The molecule has 0 aliphatic rings. The minimum atomic E-state index is 0.219. The first kappa shape index (κ1) is 18.2. The van der Waals surface area contributed by atoms with Gasteiger partial charge in [0, 0.05) is 17.6 Å². The van der Waals surface area contributed by atoms with Gasteiger partial charge in [0.05, 0.1) is 0 Å². The fraction of sp³-hybridized carbons (Fsp3) is 0.684. The molecule has 1 N–H and O–H groups in total. The molecule has 1 aromatic carbocycles. The highest BCUT2D eigenvalue weighted by atomic mass is 15.2. The second kappa shape index (κ2) is 7.95. The third kappa shape index (κ3) is 4.82. The third-order valence-electron chi connectivity index (χ3n) is 4.96. The van der Waals surface area contributed by atoms with Gasteiger partial charge in [-0.2, -0.15) is 0 Å². The molecule has 1 rings (SSSR count). The second-order valence-corrected chi connectivity index (χ2v) is 6.86. The van der Waals surface area contributed by atoms with E-state index >= 15 is 0 Å². The zero-order valence-electron chi connectivity index (χ0n) is 15.0. The summed E-state index contributed by atoms with van der Waals surface area (Å²) < 4.78 is 0. The number of nitrogens with one attached hydrogen (secondary N) is 1. The molecule has 0 aromatic heterocycles. The van der Waals surface area contributed by atoms with Crippen molar-refractivity contribution in [2.75, 3.05) is 13.6 Å². The fourth-order valence-corrected chi connectivity index (χ4v) is 2.66. The van der Waals surface area contributed by atoms with Crippen LogP contribution in [0.15, 0.2) is 24.3 Å². The van der Waals surface area contributed by atoms with Crippen LogP contribution in [-0.2, 0) is 0 Å². The molecule has 1 aromatic rings. The Bertz CT molecular complexity index is 408. The monoisotopic (exact) mass is 290 g/mol. The Morgan fingerprint density at radius 2 is 1.71 bits per heavy atom. The van der Waals surface area contributed by atoms with Crippen molar-refractivity contribution in [2.45, 2.75) is 72.0 Å². The fourth-order valence-electron chi connectivity index (χ4n) is 2.66. The summed E-state index contributed by atoms with van der Waals surface area (Å²) >= 11 is 0. The smallest absolute Gasteiger partial charge is 0.0475 e. The molecule has 0 heterocycles. The van der Waals surface area contributed by atoms with Crippen LogP contribution in [0.3, 0.4) is 0 Å². The van der Waals surface area contributed by atoms with Gasteiger partial charge in [0.15, 0.2) is 0 Å². The number of nitrogens with zero attached hydrogens (tertiary/aromatic N) is 1. The molecule has 0 aliphatic carbocycles. The molecule has 0 radical (unpaired) electrons. The van der Waals surface area contributed by atoms with E-state index < -0.39 is 0 Å². The van der Waals surface area contributed by atoms with Gasteiger partial charge in [-0.05, 0) is 59.7 Å². The number of hydrogen-bond acceptors (Lipinski definition) is 2. The van der Waals surface area contributed by atoms with Gasteiger partial charge in [-0.15, -0.1) is 0 Å². The Morgan fingerprint density at radius 1 is 1.14 bits per heavy atom. The van der Waals surface area contributed by atoms with Crippen molar-refractivity contribution < 1.29 is 0 Å². The molecule has 0 saturated carbocycles. The summed E-state index contributed by atoms with van der Waals surface area (Å²) in [5.41, 5.74) is 2.93. The molecular formula is C19H34N2. The highest BCUT2D eigenvalue weighted by molar-refractivity contribution is 5.25. The maximum atomic E-state index is 3.74. The van der Waals surface area contributed by atoms with Crippen molar-refractivity contribution in [3.05, 3.63) is 35.4 Å². The van der Waals surface area contributed by atoms with Crippen LogP contribution in [0.5, 0.6) is 0 Å². The van der Waals surface area contributed by atoms with E-state index in [1.54, 1.807) is 0 Å². The molecule has 2 atom stereocenters. The van der Waals surface area contributed by atoms with Gasteiger partial charge in [0.1, 0.15) is 0 Å². The van der Waals surface area contributed by atoms with Gasteiger partial charge in [-0.25, -0.2) is 0 Å². The van der Waals surface area contributed by atoms with Crippen molar-refractivity contribution in [3.63, 3.8) is 0 Å². The highest BCUT2D eigenvalue weighted by Gasteiger charge is 2.30. The standard InChI is InChI=1S/C19H34N2/c1-8-14-20-18(17-12-10-15(3)11-13-17)16(4)21(7)19(5,6)9-2/h10-13,16,18,20H,8-9,14H2,1-7H3. The van der Waals surface area contributed by atoms with E-state index in [0.717, 1.165) is 19.4 Å². The molecule has 2 nitrogen and oxygen atoms in total. The first-order chi connectivity index (χ1) is 9.83. The summed E-state index contributed by atoms with van der Waals surface area (Å²) in [5, 5.41) is 3.74. The minimum absolute atomic E-state index is 0.219. The number of benzene rings is 1. The predicted molar refractivity (Wildman–Crippen MR) is 93.8 cm³/mol. The second-order valence-electron chi connectivity index (χ2n) is 6.86. The van der Waals surface area contributed by atoms with Gasteiger partial charge in [0.2, 0.25) is 0 Å². The minimum Gasteiger partial charge on any atom is -0.309 e. The maximum Gasteiger partial charge on any atom is 0.0475 e. The van der Waals surface area contributed by atoms with Crippen LogP contribution >= 0.6 is 0 Å². The first-order valence-electron chi connectivity index (χ1n) is 8.36. The lowest BCUT2D eigenvalue weighted by Crippen LogP contribution is -2.50. The Hall–Kier alpha value is -0.860. The van der Waals surface area contributed by atoms with Crippen LogP contribution in [0, 0.1) is 6.92 Å². The molecule has 0 saturated heterocycles. The summed E-state index contributed by atoms with van der Waals surface area (Å²) in [6, 6.07) is 9.80. The zero-order valence-corrected chi connectivity index (χ0v) is 15.0. The van der Waals surface area contributed by atoms with Gasteiger partial charge in [-0.1, -0.05) is 43.7 Å². The van der Waals surface area contributed by atoms with Gasteiger partial charge < -0.3 is 5.32 Å². The van der Waals surface area contributed by atoms with E-state index in [1.165, 1.54) is 11.1 Å². The molecule has 0 fully saturated rings.